The number of aliphatic hydroxyl groups is 1. The van der Waals surface area contributed by atoms with Crippen LogP contribution in [-0.2, 0) is 0 Å². The van der Waals surface area contributed by atoms with E-state index in [9.17, 15) is 9.50 Å². The van der Waals surface area contributed by atoms with Crippen LogP contribution in [0.2, 0.25) is 0 Å². The van der Waals surface area contributed by atoms with Gasteiger partial charge in [-0.15, -0.1) is 0 Å². The molecule has 0 unspecified atom stereocenters. The van der Waals surface area contributed by atoms with E-state index in [1.165, 1.54) is 12.1 Å². The van der Waals surface area contributed by atoms with Gasteiger partial charge in [-0.1, -0.05) is 13.8 Å². The van der Waals surface area contributed by atoms with Crippen LogP contribution in [0.1, 0.15) is 20.8 Å². The number of nitrogens with one attached hydrogen (secondary N) is 1. The highest BCUT2D eigenvalue weighted by Gasteiger charge is 2.15. The maximum atomic E-state index is 13.5. The Labute approximate surface area is 107 Å². The van der Waals surface area contributed by atoms with E-state index in [2.05, 4.69) is 5.32 Å². The predicted octanol–water partition coefficient (Wildman–Crippen LogP) is 2.24. The summed E-state index contributed by atoms with van der Waals surface area (Å²) in [4.78, 5) is 0. The van der Waals surface area contributed by atoms with Gasteiger partial charge in [-0.2, -0.15) is 0 Å². The minimum absolute atomic E-state index is 0.0154. The number of nitrogens with two attached hydrogens (primary N) is 1. The van der Waals surface area contributed by atoms with Crippen molar-refractivity contribution in [2.75, 3.05) is 24.3 Å². The monoisotopic (exact) mass is 256 g/mol. The van der Waals surface area contributed by atoms with E-state index in [0.717, 1.165) is 0 Å². The van der Waals surface area contributed by atoms with Gasteiger partial charge in [-0.3, -0.25) is 0 Å². The molecule has 0 spiro atoms. The average molecular weight is 256 g/mol. The smallest absolute Gasteiger partial charge is 0.167 e. The maximum absolute atomic E-state index is 13.5. The number of rotatable bonds is 6. The zero-order chi connectivity index (χ0) is 13.7. The summed E-state index contributed by atoms with van der Waals surface area (Å²) in [7, 11) is 0. The third-order valence-electron chi connectivity index (χ3n) is 2.75. The SMILES string of the molecule is CCOc1cc(N[C@H](CO)C(C)C)c(N)cc1F. The van der Waals surface area contributed by atoms with E-state index in [1.807, 2.05) is 13.8 Å². The van der Waals surface area contributed by atoms with E-state index in [1.54, 1.807) is 6.92 Å². The number of aliphatic hydroxyl groups excluding tert-OH is 1. The third kappa shape index (κ3) is 3.50. The highest BCUT2D eigenvalue weighted by Crippen LogP contribution is 2.29. The molecule has 0 radical (unpaired) electrons. The molecular weight excluding hydrogens is 235 g/mol. The molecule has 1 aromatic carbocycles. The lowest BCUT2D eigenvalue weighted by atomic mass is 10.0. The number of anilines is 2. The molecule has 0 bridgehead atoms. The molecule has 102 valence electrons. The van der Waals surface area contributed by atoms with Gasteiger partial charge >= 0.3 is 0 Å². The van der Waals surface area contributed by atoms with Crippen molar-refractivity contribution in [3.8, 4) is 5.75 Å². The molecular formula is C13H21FN2O2. The highest BCUT2D eigenvalue weighted by atomic mass is 19.1. The molecule has 1 aromatic rings. The van der Waals surface area contributed by atoms with Crippen molar-refractivity contribution in [2.45, 2.75) is 26.8 Å². The van der Waals surface area contributed by atoms with Crippen LogP contribution in [-0.4, -0.2) is 24.4 Å². The standard InChI is InChI=1S/C13H21FN2O2/c1-4-18-13-6-11(10(15)5-9(13)14)16-12(7-17)8(2)3/h5-6,8,12,16-17H,4,7,15H2,1-3H3/t12-/m1/s1. The summed E-state index contributed by atoms with van der Waals surface area (Å²) in [6.45, 7) is 6.12. The van der Waals surface area contributed by atoms with Crippen LogP contribution in [0.25, 0.3) is 0 Å². The zero-order valence-corrected chi connectivity index (χ0v) is 11.0. The molecule has 0 fully saturated rings. The molecule has 0 aliphatic heterocycles. The van der Waals surface area contributed by atoms with Crippen molar-refractivity contribution in [2.24, 2.45) is 5.92 Å². The fraction of sp³-hybridized carbons (Fsp3) is 0.538. The third-order valence-corrected chi connectivity index (χ3v) is 2.75. The summed E-state index contributed by atoms with van der Waals surface area (Å²) >= 11 is 0. The Hall–Kier alpha value is -1.49. The van der Waals surface area contributed by atoms with Crippen molar-refractivity contribution in [3.63, 3.8) is 0 Å². The van der Waals surface area contributed by atoms with Crippen LogP contribution in [0, 0.1) is 11.7 Å². The van der Waals surface area contributed by atoms with Gasteiger partial charge in [0.1, 0.15) is 0 Å². The van der Waals surface area contributed by atoms with Gasteiger partial charge in [0.2, 0.25) is 0 Å². The molecule has 0 aliphatic carbocycles. The fourth-order valence-corrected chi connectivity index (χ4v) is 1.58. The van der Waals surface area contributed by atoms with Crippen molar-refractivity contribution in [1.82, 2.24) is 0 Å². The van der Waals surface area contributed by atoms with E-state index < -0.39 is 5.82 Å². The number of benzene rings is 1. The molecule has 0 aromatic heterocycles. The minimum Gasteiger partial charge on any atom is -0.491 e. The van der Waals surface area contributed by atoms with Crippen LogP contribution in [0.4, 0.5) is 15.8 Å². The zero-order valence-electron chi connectivity index (χ0n) is 11.0. The molecule has 5 heteroatoms. The first-order valence-corrected chi connectivity index (χ1v) is 6.08. The second kappa shape index (κ2) is 6.44. The van der Waals surface area contributed by atoms with Crippen molar-refractivity contribution in [1.29, 1.82) is 0 Å². The van der Waals surface area contributed by atoms with Crippen molar-refractivity contribution < 1.29 is 14.2 Å². The van der Waals surface area contributed by atoms with E-state index in [-0.39, 0.29) is 24.3 Å². The molecule has 0 heterocycles. The second-order valence-corrected chi connectivity index (χ2v) is 4.48. The Kier molecular flexibility index (Phi) is 5.22. The summed E-state index contributed by atoms with van der Waals surface area (Å²) in [5.41, 5.74) is 6.63. The molecule has 1 rings (SSSR count). The number of halogens is 1. The topological polar surface area (TPSA) is 67.5 Å². The van der Waals surface area contributed by atoms with Gasteiger partial charge in [-0.25, -0.2) is 4.39 Å². The summed E-state index contributed by atoms with van der Waals surface area (Å²) in [6, 6.07) is 2.62. The van der Waals surface area contributed by atoms with Crippen molar-refractivity contribution in [3.05, 3.63) is 17.9 Å². The molecule has 0 saturated heterocycles. The van der Waals surface area contributed by atoms with E-state index >= 15 is 0 Å². The van der Waals surface area contributed by atoms with Gasteiger partial charge in [0, 0.05) is 12.1 Å². The lowest BCUT2D eigenvalue weighted by Gasteiger charge is -2.22. The normalized spacial score (nSPS) is 12.6. The average Bonchev–Trinajstić information content (AvgIpc) is 2.30. The first-order valence-electron chi connectivity index (χ1n) is 6.08. The lowest BCUT2D eigenvalue weighted by Crippen LogP contribution is -2.29. The minimum atomic E-state index is -0.481. The molecule has 4 nitrogen and oxygen atoms in total. The molecule has 0 amide bonds. The summed E-state index contributed by atoms with van der Waals surface area (Å²) in [5.74, 6) is -0.0883. The van der Waals surface area contributed by atoms with Gasteiger partial charge in [0.15, 0.2) is 11.6 Å². The van der Waals surface area contributed by atoms with Crippen LogP contribution in [0.5, 0.6) is 5.75 Å². The predicted molar refractivity (Wildman–Crippen MR) is 71.3 cm³/mol. The molecule has 0 aliphatic rings. The molecule has 4 N–H and O–H groups in total. The number of hydrogen-bond donors (Lipinski definition) is 3. The van der Waals surface area contributed by atoms with Gasteiger partial charge in [-0.05, 0) is 12.8 Å². The molecule has 0 saturated carbocycles. The Bertz CT molecular complexity index is 397. The summed E-state index contributed by atoms with van der Waals surface area (Å²) < 4.78 is 18.7. The van der Waals surface area contributed by atoms with E-state index in [4.69, 9.17) is 10.5 Å². The Morgan fingerprint density at radius 3 is 2.61 bits per heavy atom. The van der Waals surface area contributed by atoms with Crippen LogP contribution < -0.4 is 15.8 Å². The first-order chi connectivity index (χ1) is 8.49. The Morgan fingerprint density at radius 1 is 1.44 bits per heavy atom. The van der Waals surface area contributed by atoms with Gasteiger partial charge < -0.3 is 20.9 Å². The maximum Gasteiger partial charge on any atom is 0.167 e. The molecule has 18 heavy (non-hydrogen) atoms. The first kappa shape index (κ1) is 14.6. The molecule has 1 atom stereocenters. The summed E-state index contributed by atoms with van der Waals surface area (Å²) in [5, 5.41) is 12.4. The van der Waals surface area contributed by atoms with Crippen molar-refractivity contribution >= 4 is 11.4 Å². The van der Waals surface area contributed by atoms with Gasteiger partial charge in [0.05, 0.1) is 30.6 Å². The fourth-order valence-electron chi connectivity index (χ4n) is 1.58. The van der Waals surface area contributed by atoms with Crippen LogP contribution in [0.15, 0.2) is 12.1 Å². The van der Waals surface area contributed by atoms with Gasteiger partial charge in [0.25, 0.3) is 0 Å². The number of hydrogen-bond acceptors (Lipinski definition) is 4. The van der Waals surface area contributed by atoms with Crippen LogP contribution in [0.3, 0.4) is 0 Å². The Balaban J connectivity index is 2.97. The van der Waals surface area contributed by atoms with E-state index in [0.29, 0.717) is 18.0 Å². The highest BCUT2D eigenvalue weighted by molar-refractivity contribution is 5.69. The second-order valence-electron chi connectivity index (χ2n) is 4.48. The number of ether oxygens (including phenoxy) is 1. The van der Waals surface area contributed by atoms with Crippen LogP contribution >= 0.6 is 0 Å². The largest absolute Gasteiger partial charge is 0.491 e. The Morgan fingerprint density at radius 2 is 2.11 bits per heavy atom. The summed E-state index contributed by atoms with van der Waals surface area (Å²) in [6.07, 6.45) is 0. The number of nitrogen functional groups attached to an aromatic ring is 1. The lowest BCUT2D eigenvalue weighted by molar-refractivity contribution is 0.249. The quantitative estimate of drug-likeness (QED) is 0.683.